The van der Waals surface area contributed by atoms with E-state index in [0.29, 0.717) is 0 Å². The van der Waals surface area contributed by atoms with E-state index in [1.54, 1.807) is 6.92 Å². The molecule has 0 saturated carbocycles. The van der Waals surface area contributed by atoms with Gasteiger partial charge < -0.3 is 15.2 Å². The number of H-pyrrole nitrogens is 1. The predicted molar refractivity (Wildman–Crippen MR) is 111 cm³/mol. The van der Waals surface area contributed by atoms with Crippen LogP contribution < -0.4 is 15.8 Å². The van der Waals surface area contributed by atoms with Gasteiger partial charge in [-0.15, -0.1) is 0 Å². The number of carbonyl (C=O) groups is 2. The number of hydrogen-bond donors (Lipinski definition) is 2. The number of halogens is 4. The van der Waals surface area contributed by atoms with Gasteiger partial charge in [-0.25, -0.2) is 4.39 Å². The van der Waals surface area contributed by atoms with Crippen LogP contribution in [-0.2, 0) is 15.8 Å². The van der Waals surface area contributed by atoms with Crippen molar-refractivity contribution in [2.45, 2.75) is 19.0 Å². The number of pyridine rings is 2. The van der Waals surface area contributed by atoms with Crippen molar-refractivity contribution in [3.8, 4) is 11.1 Å². The summed E-state index contributed by atoms with van der Waals surface area (Å²) >= 11 is 0. The van der Waals surface area contributed by atoms with Gasteiger partial charge in [-0.2, -0.15) is 13.2 Å². The van der Waals surface area contributed by atoms with Gasteiger partial charge in [-0.05, 0) is 37.3 Å². The zero-order valence-corrected chi connectivity index (χ0v) is 17.0. The van der Waals surface area contributed by atoms with Crippen LogP contribution in [0.1, 0.15) is 24.1 Å². The third kappa shape index (κ3) is 4.09. The number of fused-ring (bicyclic) bond motifs is 3. The van der Waals surface area contributed by atoms with Crippen LogP contribution in [0.3, 0.4) is 0 Å². The second-order valence-corrected chi connectivity index (χ2v) is 7.40. The summed E-state index contributed by atoms with van der Waals surface area (Å²) in [6.07, 6.45) is -1.95. The molecule has 7 nitrogen and oxygen atoms in total. The van der Waals surface area contributed by atoms with Crippen LogP contribution >= 0.6 is 0 Å². The molecule has 0 aliphatic carbocycles. The molecule has 3 aromatic rings. The lowest BCUT2D eigenvalue weighted by Gasteiger charge is -2.24. The zero-order chi connectivity index (χ0) is 23.9. The van der Waals surface area contributed by atoms with Gasteiger partial charge in [-0.3, -0.25) is 19.4 Å². The molecule has 0 saturated heterocycles. The number of aromatic nitrogens is 2. The highest BCUT2D eigenvalue weighted by Gasteiger charge is 2.35. The minimum Gasteiger partial charge on any atom is -0.325 e. The number of hydrogen-bond acceptors (Lipinski definition) is 4. The molecular formula is C22H16F4N4O3. The number of nitrogens with zero attached hydrogens (tertiary/aromatic N) is 2. The van der Waals surface area contributed by atoms with Crippen molar-refractivity contribution in [1.82, 2.24) is 9.97 Å². The first-order valence-corrected chi connectivity index (χ1v) is 9.73. The molecule has 0 bridgehead atoms. The molecule has 33 heavy (non-hydrogen) atoms. The Labute approximate surface area is 184 Å². The molecule has 3 heterocycles. The van der Waals surface area contributed by atoms with Gasteiger partial charge in [0.15, 0.2) is 5.82 Å². The van der Waals surface area contributed by atoms with E-state index in [1.807, 2.05) is 0 Å². The predicted octanol–water partition coefficient (Wildman–Crippen LogP) is 3.68. The van der Waals surface area contributed by atoms with E-state index in [4.69, 9.17) is 0 Å². The summed E-state index contributed by atoms with van der Waals surface area (Å²) in [5, 5.41) is 2.42. The van der Waals surface area contributed by atoms with Crippen molar-refractivity contribution in [3.63, 3.8) is 0 Å². The third-order valence-corrected chi connectivity index (χ3v) is 5.26. The molecular weight excluding hydrogens is 444 g/mol. The fourth-order valence-corrected chi connectivity index (χ4v) is 3.66. The monoisotopic (exact) mass is 460 g/mol. The first kappa shape index (κ1) is 22.2. The molecule has 2 aromatic heterocycles. The van der Waals surface area contributed by atoms with Crippen molar-refractivity contribution < 1.29 is 27.2 Å². The number of rotatable bonds is 3. The number of amides is 2. The average Bonchev–Trinajstić information content (AvgIpc) is 2.86. The fourth-order valence-electron chi connectivity index (χ4n) is 3.66. The Morgan fingerprint density at radius 1 is 1.18 bits per heavy atom. The highest BCUT2D eigenvalue weighted by Crippen LogP contribution is 2.40. The fraction of sp³-hybridized carbons (Fsp3) is 0.182. The third-order valence-electron chi connectivity index (χ3n) is 5.26. The van der Waals surface area contributed by atoms with Crippen LogP contribution in [0, 0.1) is 5.82 Å². The van der Waals surface area contributed by atoms with E-state index >= 15 is 0 Å². The standard InChI is InChI=1S/C22H16F4N4O3/c1-11-19-14(3-2-8-27-19)17-15(9-28-20(32)18(17)23)30(21(11)33)10-16(31)29-13-6-4-12(5-7-13)22(24,25)26/h2-9,11H,10H2,1H3,(H,28,32)(H,29,31). The van der Waals surface area contributed by atoms with Crippen molar-refractivity contribution in [2.75, 3.05) is 16.8 Å². The SMILES string of the molecule is CC1C(=O)N(CC(=O)Nc2ccc(C(F)(F)F)cc2)c2c[nH]c(=O)c(F)c2-c2cccnc21. The van der Waals surface area contributed by atoms with E-state index in [1.165, 1.54) is 18.3 Å². The Hall–Kier alpha value is -4.02. The molecule has 0 spiro atoms. The van der Waals surface area contributed by atoms with Gasteiger partial charge in [0.2, 0.25) is 11.8 Å². The zero-order valence-electron chi connectivity index (χ0n) is 17.0. The number of benzene rings is 1. The van der Waals surface area contributed by atoms with Crippen LogP contribution in [0.5, 0.6) is 0 Å². The summed E-state index contributed by atoms with van der Waals surface area (Å²) in [5.74, 6) is -3.28. The van der Waals surface area contributed by atoms with E-state index in [2.05, 4.69) is 15.3 Å². The maximum atomic E-state index is 14.9. The molecule has 11 heteroatoms. The van der Waals surface area contributed by atoms with Crippen LogP contribution in [0.25, 0.3) is 11.1 Å². The first-order chi connectivity index (χ1) is 15.6. The average molecular weight is 460 g/mol. The van der Waals surface area contributed by atoms with E-state index in [-0.39, 0.29) is 28.2 Å². The lowest BCUT2D eigenvalue weighted by molar-refractivity contribution is -0.137. The van der Waals surface area contributed by atoms with E-state index in [0.717, 1.165) is 35.4 Å². The molecule has 1 atom stereocenters. The molecule has 2 N–H and O–H groups in total. The molecule has 0 fully saturated rings. The van der Waals surface area contributed by atoms with Crippen molar-refractivity contribution in [1.29, 1.82) is 0 Å². The smallest absolute Gasteiger partial charge is 0.325 e. The molecule has 1 unspecified atom stereocenters. The summed E-state index contributed by atoms with van der Waals surface area (Å²) in [6.45, 7) is 0.969. The first-order valence-electron chi connectivity index (χ1n) is 9.73. The molecule has 0 radical (unpaired) electrons. The normalized spacial score (nSPS) is 15.5. The van der Waals surface area contributed by atoms with Gasteiger partial charge in [0.1, 0.15) is 6.54 Å². The summed E-state index contributed by atoms with van der Waals surface area (Å²) in [6, 6.07) is 6.85. The maximum absolute atomic E-state index is 14.9. The Kier molecular flexibility index (Phi) is 5.48. The molecule has 4 rings (SSSR count). The lowest BCUT2D eigenvalue weighted by Crippen LogP contribution is -2.40. The Balaban J connectivity index is 1.68. The summed E-state index contributed by atoms with van der Waals surface area (Å²) in [5.41, 5.74) is -1.49. The van der Waals surface area contributed by atoms with Crippen LogP contribution in [0.4, 0.5) is 28.9 Å². The minimum absolute atomic E-state index is 0.0294. The largest absolute Gasteiger partial charge is 0.416 e. The van der Waals surface area contributed by atoms with E-state index < -0.39 is 47.4 Å². The molecule has 1 aliphatic rings. The molecule has 2 amide bonds. The number of anilines is 2. The maximum Gasteiger partial charge on any atom is 0.416 e. The second kappa shape index (κ2) is 8.15. The van der Waals surface area contributed by atoms with Gasteiger partial charge in [0.05, 0.1) is 28.4 Å². The highest BCUT2D eigenvalue weighted by molar-refractivity contribution is 6.09. The summed E-state index contributed by atoms with van der Waals surface area (Å²) < 4.78 is 53.1. The topological polar surface area (TPSA) is 95.2 Å². The quantitative estimate of drug-likeness (QED) is 0.583. The second-order valence-electron chi connectivity index (χ2n) is 7.40. The van der Waals surface area contributed by atoms with E-state index in [9.17, 15) is 31.9 Å². The number of nitrogens with one attached hydrogen (secondary N) is 2. The Morgan fingerprint density at radius 3 is 2.55 bits per heavy atom. The van der Waals surface area contributed by atoms with Gasteiger partial charge in [0, 0.05) is 23.6 Å². The Morgan fingerprint density at radius 2 is 1.88 bits per heavy atom. The molecule has 1 aliphatic heterocycles. The van der Waals surface area contributed by atoms with Gasteiger partial charge >= 0.3 is 6.18 Å². The number of aromatic amines is 1. The van der Waals surface area contributed by atoms with Crippen LogP contribution in [0.15, 0.2) is 53.6 Å². The molecule has 1 aromatic carbocycles. The molecule has 170 valence electrons. The minimum atomic E-state index is -4.52. The van der Waals surface area contributed by atoms with Crippen LogP contribution in [-0.4, -0.2) is 28.3 Å². The lowest BCUT2D eigenvalue weighted by atomic mass is 9.98. The number of carbonyl (C=O) groups excluding carboxylic acids is 2. The van der Waals surface area contributed by atoms with Crippen LogP contribution in [0.2, 0.25) is 0 Å². The highest BCUT2D eigenvalue weighted by atomic mass is 19.4. The van der Waals surface area contributed by atoms with Crippen molar-refractivity contribution in [3.05, 3.63) is 76.2 Å². The van der Waals surface area contributed by atoms with Crippen molar-refractivity contribution >= 4 is 23.2 Å². The van der Waals surface area contributed by atoms with Gasteiger partial charge in [0.25, 0.3) is 5.56 Å². The van der Waals surface area contributed by atoms with Gasteiger partial charge in [-0.1, -0.05) is 6.07 Å². The summed E-state index contributed by atoms with van der Waals surface area (Å²) in [4.78, 5) is 45.2. The van der Waals surface area contributed by atoms with Crippen molar-refractivity contribution in [2.24, 2.45) is 0 Å². The Bertz CT molecular complexity index is 1300. The summed E-state index contributed by atoms with van der Waals surface area (Å²) in [7, 11) is 0. The number of alkyl halides is 3.